The van der Waals surface area contributed by atoms with Gasteiger partial charge in [0.15, 0.2) is 5.96 Å². The quantitative estimate of drug-likeness (QED) is 0.573. The molecule has 1 aromatic carbocycles. The molecular formula is C21H32FN5O2. The number of benzene rings is 1. The fourth-order valence-electron chi connectivity index (χ4n) is 3.73. The summed E-state index contributed by atoms with van der Waals surface area (Å²) in [6.07, 6.45) is 2.17. The Labute approximate surface area is 172 Å². The summed E-state index contributed by atoms with van der Waals surface area (Å²) in [4.78, 5) is 23.1. The molecule has 2 saturated heterocycles. The standard InChI is InChI=1S/C21H32FN5O2/c1-17(29-19-7-5-18(22)6-8-19)15-24-21(23-2)27-13-11-25(12-14-27)16-20(28)26-9-3-4-10-26/h5-8,17H,3-4,9-16H2,1-2H3,(H,23,24). The van der Waals surface area contributed by atoms with E-state index in [1.807, 2.05) is 11.8 Å². The van der Waals surface area contributed by atoms with Crippen molar-refractivity contribution in [3.05, 3.63) is 30.1 Å². The van der Waals surface area contributed by atoms with Crippen LogP contribution in [0.15, 0.2) is 29.3 Å². The van der Waals surface area contributed by atoms with Crippen molar-refractivity contribution in [2.24, 2.45) is 4.99 Å². The first kappa shape index (κ1) is 21.4. The summed E-state index contributed by atoms with van der Waals surface area (Å²) in [5.74, 6) is 1.46. The molecule has 0 saturated carbocycles. The Hall–Kier alpha value is -2.35. The van der Waals surface area contributed by atoms with E-state index >= 15 is 0 Å². The van der Waals surface area contributed by atoms with Crippen LogP contribution in [0.5, 0.6) is 5.75 Å². The van der Waals surface area contributed by atoms with Gasteiger partial charge < -0.3 is 19.9 Å². The van der Waals surface area contributed by atoms with E-state index in [2.05, 4.69) is 20.1 Å². The lowest BCUT2D eigenvalue weighted by Gasteiger charge is -2.36. The largest absolute Gasteiger partial charge is 0.489 e. The van der Waals surface area contributed by atoms with Crippen molar-refractivity contribution in [3.8, 4) is 5.75 Å². The molecule has 1 atom stereocenters. The van der Waals surface area contributed by atoms with Gasteiger partial charge in [0.1, 0.15) is 17.7 Å². The highest BCUT2D eigenvalue weighted by Crippen LogP contribution is 2.13. The maximum Gasteiger partial charge on any atom is 0.236 e. The third kappa shape index (κ3) is 6.32. The van der Waals surface area contributed by atoms with Crippen LogP contribution in [0, 0.1) is 5.82 Å². The summed E-state index contributed by atoms with van der Waals surface area (Å²) in [6, 6.07) is 6.04. The summed E-state index contributed by atoms with van der Waals surface area (Å²) in [5, 5.41) is 3.35. The molecule has 0 bridgehead atoms. The predicted octanol–water partition coefficient (Wildman–Crippen LogP) is 1.41. The van der Waals surface area contributed by atoms with Gasteiger partial charge in [0.05, 0.1) is 13.1 Å². The Balaban J connectivity index is 1.39. The minimum absolute atomic E-state index is 0.0865. The lowest BCUT2D eigenvalue weighted by molar-refractivity contribution is -0.131. The molecular weight excluding hydrogens is 373 g/mol. The second-order valence-electron chi connectivity index (χ2n) is 7.66. The van der Waals surface area contributed by atoms with Gasteiger partial charge in [-0.15, -0.1) is 0 Å². The van der Waals surface area contributed by atoms with Crippen LogP contribution < -0.4 is 10.1 Å². The Morgan fingerprint density at radius 2 is 1.76 bits per heavy atom. The Morgan fingerprint density at radius 1 is 1.10 bits per heavy atom. The van der Waals surface area contributed by atoms with E-state index in [-0.39, 0.29) is 17.8 Å². The lowest BCUT2D eigenvalue weighted by atomic mass is 10.3. The number of rotatable bonds is 6. The van der Waals surface area contributed by atoms with Crippen LogP contribution in [0.2, 0.25) is 0 Å². The molecule has 29 heavy (non-hydrogen) atoms. The van der Waals surface area contributed by atoms with Crippen molar-refractivity contribution >= 4 is 11.9 Å². The average Bonchev–Trinajstić information content (AvgIpc) is 3.26. The highest BCUT2D eigenvalue weighted by molar-refractivity contribution is 5.80. The molecule has 2 heterocycles. The second-order valence-corrected chi connectivity index (χ2v) is 7.66. The summed E-state index contributed by atoms with van der Waals surface area (Å²) < 4.78 is 18.8. The number of hydrogen-bond acceptors (Lipinski definition) is 4. The van der Waals surface area contributed by atoms with Crippen molar-refractivity contribution in [2.75, 3.05) is 59.4 Å². The number of halogens is 1. The van der Waals surface area contributed by atoms with Crippen LogP contribution in [0.25, 0.3) is 0 Å². The number of carbonyl (C=O) groups is 1. The molecule has 3 rings (SSSR count). The van der Waals surface area contributed by atoms with Crippen molar-refractivity contribution < 1.29 is 13.9 Å². The van der Waals surface area contributed by atoms with Gasteiger partial charge >= 0.3 is 0 Å². The molecule has 2 fully saturated rings. The van der Waals surface area contributed by atoms with E-state index in [1.165, 1.54) is 12.1 Å². The van der Waals surface area contributed by atoms with Gasteiger partial charge in [-0.25, -0.2) is 4.39 Å². The number of nitrogens with zero attached hydrogens (tertiary/aromatic N) is 4. The van der Waals surface area contributed by atoms with Crippen LogP contribution in [0.3, 0.4) is 0 Å². The molecule has 2 aliphatic rings. The highest BCUT2D eigenvalue weighted by atomic mass is 19.1. The molecule has 0 aliphatic carbocycles. The van der Waals surface area contributed by atoms with Gasteiger partial charge in [-0.05, 0) is 44.0 Å². The Kier molecular flexibility index (Phi) is 7.69. The van der Waals surface area contributed by atoms with Crippen molar-refractivity contribution in [1.29, 1.82) is 0 Å². The second kappa shape index (κ2) is 10.4. The van der Waals surface area contributed by atoms with E-state index in [1.54, 1.807) is 19.2 Å². The number of nitrogens with one attached hydrogen (secondary N) is 1. The number of carbonyl (C=O) groups excluding carboxylic acids is 1. The smallest absolute Gasteiger partial charge is 0.236 e. The SMILES string of the molecule is CN=C(NCC(C)Oc1ccc(F)cc1)N1CCN(CC(=O)N2CCCC2)CC1. The van der Waals surface area contributed by atoms with E-state index in [0.717, 1.165) is 58.1 Å². The third-order valence-electron chi connectivity index (χ3n) is 5.40. The van der Waals surface area contributed by atoms with Gasteiger partial charge in [0.25, 0.3) is 0 Å². The van der Waals surface area contributed by atoms with Gasteiger partial charge in [0, 0.05) is 46.3 Å². The molecule has 0 spiro atoms. The molecule has 0 radical (unpaired) electrons. The number of likely N-dealkylation sites (tertiary alicyclic amines) is 1. The number of amides is 1. The average molecular weight is 406 g/mol. The van der Waals surface area contributed by atoms with Crippen molar-refractivity contribution in [1.82, 2.24) is 20.0 Å². The van der Waals surface area contributed by atoms with Crippen LogP contribution in [-0.4, -0.2) is 92.1 Å². The normalized spacial score (nSPS) is 19.3. The van der Waals surface area contributed by atoms with Gasteiger partial charge in [-0.2, -0.15) is 0 Å². The van der Waals surface area contributed by atoms with Crippen molar-refractivity contribution in [2.45, 2.75) is 25.9 Å². The molecule has 1 N–H and O–H groups in total. The first-order chi connectivity index (χ1) is 14.0. The zero-order valence-electron chi connectivity index (χ0n) is 17.4. The zero-order valence-corrected chi connectivity index (χ0v) is 17.4. The number of guanidine groups is 1. The minimum atomic E-state index is -0.273. The zero-order chi connectivity index (χ0) is 20.6. The summed E-state index contributed by atoms with van der Waals surface area (Å²) in [7, 11) is 1.77. The maximum atomic E-state index is 13.0. The molecule has 1 unspecified atom stereocenters. The topological polar surface area (TPSA) is 60.4 Å². The fourth-order valence-corrected chi connectivity index (χ4v) is 3.73. The lowest BCUT2D eigenvalue weighted by Crippen LogP contribution is -2.54. The first-order valence-corrected chi connectivity index (χ1v) is 10.4. The Morgan fingerprint density at radius 3 is 2.38 bits per heavy atom. The number of ether oxygens (including phenoxy) is 1. The van der Waals surface area contributed by atoms with Crippen LogP contribution in [0.4, 0.5) is 4.39 Å². The number of piperazine rings is 1. The molecule has 0 aromatic heterocycles. The molecule has 8 heteroatoms. The summed E-state index contributed by atoms with van der Waals surface area (Å²) >= 11 is 0. The third-order valence-corrected chi connectivity index (χ3v) is 5.40. The van der Waals surface area contributed by atoms with E-state index in [9.17, 15) is 9.18 Å². The van der Waals surface area contributed by atoms with Crippen LogP contribution in [0.1, 0.15) is 19.8 Å². The first-order valence-electron chi connectivity index (χ1n) is 10.4. The molecule has 1 amide bonds. The van der Waals surface area contributed by atoms with Crippen LogP contribution >= 0.6 is 0 Å². The van der Waals surface area contributed by atoms with Gasteiger partial charge in [-0.1, -0.05) is 0 Å². The summed E-state index contributed by atoms with van der Waals surface area (Å²) in [6.45, 7) is 8.26. The number of aliphatic imine (C=N–C) groups is 1. The highest BCUT2D eigenvalue weighted by Gasteiger charge is 2.24. The predicted molar refractivity (Wildman–Crippen MR) is 112 cm³/mol. The van der Waals surface area contributed by atoms with Crippen LogP contribution in [-0.2, 0) is 4.79 Å². The van der Waals surface area contributed by atoms with Gasteiger partial charge in [0.2, 0.25) is 5.91 Å². The maximum absolute atomic E-state index is 13.0. The Bertz CT molecular complexity index is 683. The minimum Gasteiger partial charge on any atom is -0.489 e. The molecule has 160 valence electrons. The monoisotopic (exact) mass is 405 g/mol. The van der Waals surface area contributed by atoms with Gasteiger partial charge in [-0.3, -0.25) is 14.7 Å². The van der Waals surface area contributed by atoms with Crippen molar-refractivity contribution in [3.63, 3.8) is 0 Å². The summed E-state index contributed by atoms with van der Waals surface area (Å²) in [5.41, 5.74) is 0. The van der Waals surface area contributed by atoms with E-state index in [4.69, 9.17) is 4.74 Å². The molecule has 7 nitrogen and oxygen atoms in total. The molecule has 2 aliphatic heterocycles. The van der Waals surface area contributed by atoms with E-state index in [0.29, 0.717) is 18.8 Å². The fraction of sp³-hybridized carbons (Fsp3) is 0.619. The number of hydrogen-bond donors (Lipinski definition) is 1. The van der Waals surface area contributed by atoms with E-state index < -0.39 is 0 Å². The molecule has 1 aromatic rings.